The fourth-order valence-electron chi connectivity index (χ4n) is 2.98. The van der Waals surface area contributed by atoms with Crippen LogP contribution in [0, 0.1) is 0 Å². The van der Waals surface area contributed by atoms with Crippen molar-refractivity contribution in [1.29, 1.82) is 0 Å². The van der Waals surface area contributed by atoms with Crippen molar-refractivity contribution >= 4 is 35.8 Å². The molecule has 1 fully saturated rings. The van der Waals surface area contributed by atoms with E-state index in [1.165, 1.54) is 12.8 Å². The van der Waals surface area contributed by atoms with Crippen LogP contribution < -0.4 is 15.5 Å². The molecule has 6 nitrogen and oxygen atoms in total. The Morgan fingerprint density at radius 2 is 1.92 bits per heavy atom. The van der Waals surface area contributed by atoms with Crippen molar-refractivity contribution in [3.8, 4) is 0 Å². The highest BCUT2D eigenvalue weighted by molar-refractivity contribution is 14.0. The number of hydrogen-bond acceptors (Lipinski definition) is 3. The maximum Gasteiger partial charge on any atom is 0.191 e. The van der Waals surface area contributed by atoms with Gasteiger partial charge in [0, 0.05) is 51.3 Å². The molecule has 0 radical (unpaired) electrons. The standard InChI is InChI=1S/C19H28N6.HI/c1-2-20-19(21-9-14-24-10-3-4-11-24)23-16-17-7-8-18(22-15-17)25-12-5-6-13-25;/h3-4,7-8,10-11,15H,2,5-6,9,12-14,16H2,1H3,(H2,20,21,23);1H. The van der Waals surface area contributed by atoms with Crippen molar-refractivity contribution in [2.24, 2.45) is 4.99 Å². The highest BCUT2D eigenvalue weighted by Gasteiger charge is 2.12. The van der Waals surface area contributed by atoms with Gasteiger partial charge in [0.2, 0.25) is 0 Å². The Kier molecular flexibility index (Phi) is 8.73. The number of hydrogen-bond donors (Lipinski definition) is 2. The van der Waals surface area contributed by atoms with Gasteiger partial charge >= 0.3 is 0 Å². The smallest absolute Gasteiger partial charge is 0.191 e. The fraction of sp³-hybridized carbons (Fsp3) is 0.474. The van der Waals surface area contributed by atoms with Gasteiger partial charge < -0.3 is 20.1 Å². The highest BCUT2D eigenvalue weighted by atomic mass is 127. The topological polar surface area (TPSA) is 57.5 Å². The van der Waals surface area contributed by atoms with Gasteiger partial charge in [-0.05, 0) is 43.5 Å². The first-order valence-corrected chi connectivity index (χ1v) is 9.18. The Hall–Kier alpha value is -1.77. The number of aromatic nitrogens is 2. The SMILES string of the molecule is CCNC(=NCc1ccc(N2CCCC2)nc1)NCCn1cccc1.I. The number of anilines is 1. The Bertz CT molecular complexity index is 647. The van der Waals surface area contributed by atoms with E-state index in [0.29, 0.717) is 6.54 Å². The third-order valence-electron chi connectivity index (χ3n) is 4.33. The van der Waals surface area contributed by atoms with Crippen molar-refractivity contribution in [2.75, 3.05) is 31.1 Å². The van der Waals surface area contributed by atoms with Gasteiger partial charge in [-0.1, -0.05) is 6.07 Å². The van der Waals surface area contributed by atoms with Crippen LogP contribution in [0.15, 0.2) is 47.8 Å². The number of guanidine groups is 1. The summed E-state index contributed by atoms with van der Waals surface area (Å²) in [5.41, 5.74) is 1.13. The summed E-state index contributed by atoms with van der Waals surface area (Å²) in [7, 11) is 0. The molecule has 0 saturated carbocycles. The molecule has 2 N–H and O–H groups in total. The summed E-state index contributed by atoms with van der Waals surface area (Å²) in [6, 6.07) is 8.33. The molecular weight excluding hydrogens is 439 g/mol. The zero-order valence-corrected chi connectivity index (χ0v) is 17.7. The number of pyridine rings is 1. The van der Waals surface area contributed by atoms with Gasteiger partial charge in [-0.2, -0.15) is 0 Å². The monoisotopic (exact) mass is 468 g/mol. The maximum absolute atomic E-state index is 4.66. The molecule has 26 heavy (non-hydrogen) atoms. The third-order valence-corrected chi connectivity index (χ3v) is 4.33. The fourth-order valence-corrected chi connectivity index (χ4v) is 2.98. The Morgan fingerprint density at radius 1 is 1.15 bits per heavy atom. The Labute approximate surface area is 173 Å². The molecule has 2 aromatic rings. The van der Waals surface area contributed by atoms with Gasteiger partial charge in [-0.15, -0.1) is 24.0 Å². The van der Waals surface area contributed by atoms with Gasteiger partial charge in [0.15, 0.2) is 5.96 Å². The van der Waals surface area contributed by atoms with Gasteiger partial charge in [0.25, 0.3) is 0 Å². The molecule has 3 rings (SSSR count). The van der Waals surface area contributed by atoms with E-state index in [9.17, 15) is 0 Å². The lowest BCUT2D eigenvalue weighted by Crippen LogP contribution is -2.38. The van der Waals surface area contributed by atoms with Gasteiger partial charge in [-0.3, -0.25) is 0 Å². The van der Waals surface area contributed by atoms with E-state index in [4.69, 9.17) is 0 Å². The lowest BCUT2D eigenvalue weighted by molar-refractivity contribution is 0.665. The van der Waals surface area contributed by atoms with E-state index in [2.05, 4.69) is 61.5 Å². The van der Waals surface area contributed by atoms with Crippen molar-refractivity contribution in [2.45, 2.75) is 32.9 Å². The molecule has 3 heterocycles. The van der Waals surface area contributed by atoms with Crippen molar-refractivity contribution < 1.29 is 0 Å². The van der Waals surface area contributed by atoms with Crippen LogP contribution in [0.1, 0.15) is 25.3 Å². The van der Waals surface area contributed by atoms with Crippen molar-refractivity contribution in [1.82, 2.24) is 20.2 Å². The minimum atomic E-state index is 0. The summed E-state index contributed by atoms with van der Waals surface area (Å²) >= 11 is 0. The second-order valence-corrected chi connectivity index (χ2v) is 6.26. The summed E-state index contributed by atoms with van der Waals surface area (Å²) in [6.45, 7) is 7.57. The predicted octanol–water partition coefficient (Wildman–Crippen LogP) is 2.86. The van der Waals surface area contributed by atoms with Crippen molar-refractivity contribution in [3.63, 3.8) is 0 Å². The van der Waals surface area contributed by atoms with Crippen LogP contribution in [0.5, 0.6) is 0 Å². The normalized spacial score (nSPS) is 14.2. The molecule has 1 saturated heterocycles. The molecule has 0 unspecified atom stereocenters. The number of nitrogens with zero attached hydrogens (tertiary/aromatic N) is 4. The first-order valence-electron chi connectivity index (χ1n) is 9.18. The lowest BCUT2D eigenvalue weighted by Gasteiger charge is -2.16. The predicted molar refractivity (Wildman–Crippen MR) is 118 cm³/mol. The summed E-state index contributed by atoms with van der Waals surface area (Å²) in [4.78, 5) is 11.6. The van der Waals surface area contributed by atoms with E-state index in [-0.39, 0.29) is 24.0 Å². The molecule has 0 spiro atoms. The zero-order chi connectivity index (χ0) is 17.3. The molecule has 0 bridgehead atoms. The van der Waals surface area contributed by atoms with E-state index in [1.54, 1.807) is 0 Å². The first-order chi connectivity index (χ1) is 12.3. The largest absolute Gasteiger partial charge is 0.357 e. The quantitative estimate of drug-likeness (QED) is 0.373. The van der Waals surface area contributed by atoms with Crippen LogP contribution in [0.2, 0.25) is 0 Å². The molecule has 1 aliphatic heterocycles. The average molecular weight is 468 g/mol. The summed E-state index contributed by atoms with van der Waals surface area (Å²) in [5, 5.41) is 6.66. The number of rotatable bonds is 7. The van der Waals surface area contributed by atoms with Gasteiger partial charge in [0.1, 0.15) is 5.82 Å². The third kappa shape index (κ3) is 6.19. The second kappa shape index (κ2) is 11.1. The van der Waals surface area contributed by atoms with Crippen LogP contribution in [0.3, 0.4) is 0 Å². The summed E-state index contributed by atoms with van der Waals surface area (Å²) in [6.07, 6.45) is 8.63. The number of nitrogens with one attached hydrogen (secondary N) is 2. The maximum atomic E-state index is 4.66. The molecule has 0 aromatic carbocycles. The molecular formula is C19H29IN6. The molecule has 7 heteroatoms. The van der Waals surface area contributed by atoms with Crippen LogP contribution in [-0.4, -0.2) is 41.7 Å². The molecule has 0 aliphatic carbocycles. The molecule has 2 aromatic heterocycles. The van der Waals surface area contributed by atoms with E-state index < -0.39 is 0 Å². The Balaban J connectivity index is 0.00000243. The van der Waals surface area contributed by atoms with E-state index >= 15 is 0 Å². The Morgan fingerprint density at radius 3 is 2.58 bits per heavy atom. The minimum Gasteiger partial charge on any atom is -0.357 e. The zero-order valence-electron chi connectivity index (χ0n) is 15.4. The summed E-state index contributed by atoms with van der Waals surface area (Å²) in [5.74, 6) is 1.93. The van der Waals surface area contributed by atoms with Crippen LogP contribution in [0.25, 0.3) is 0 Å². The number of aliphatic imine (C=N–C) groups is 1. The molecule has 0 amide bonds. The molecule has 1 aliphatic rings. The molecule has 142 valence electrons. The lowest BCUT2D eigenvalue weighted by atomic mass is 10.3. The molecule has 0 atom stereocenters. The summed E-state index contributed by atoms with van der Waals surface area (Å²) < 4.78 is 2.15. The van der Waals surface area contributed by atoms with Crippen LogP contribution in [0.4, 0.5) is 5.82 Å². The van der Waals surface area contributed by atoms with Gasteiger partial charge in [-0.25, -0.2) is 9.98 Å². The van der Waals surface area contributed by atoms with Crippen LogP contribution in [-0.2, 0) is 13.1 Å². The van der Waals surface area contributed by atoms with E-state index in [1.807, 2.05) is 18.3 Å². The number of halogens is 1. The first kappa shape index (κ1) is 20.5. The highest BCUT2D eigenvalue weighted by Crippen LogP contribution is 2.17. The van der Waals surface area contributed by atoms with Crippen molar-refractivity contribution in [3.05, 3.63) is 48.4 Å². The van der Waals surface area contributed by atoms with Gasteiger partial charge in [0.05, 0.1) is 6.54 Å². The second-order valence-electron chi connectivity index (χ2n) is 6.26. The van der Waals surface area contributed by atoms with E-state index in [0.717, 1.165) is 50.1 Å². The minimum absolute atomic E-state index is 0. The average Bonchev–Trinajstić information content (AvgIpc) is 3.34. The van der Waals surface area contributed by atoms with Crippen LogP contribution >= 0.6 is 24.0 Å².